The van der Waals surface area contributed by atoms with Crippen LogP contribution in [0.15, 0.2) is 6.07 Å². The second kappa shape index (κ2) is 34.4. The first kappa shape index (κ1) is 69.9. The van der Waals surface area contributed by atoms with Crippen molar-refractivity contribution in [1.82, 2.24) is 0 Å². The van der Waals surface area contributed by atoms with Crippen molar-refractivity contribution in [3.8, 4) is 11.5 Å². The summed E-state index contributed by atoms with van der Waals surface area (Å²) in [4.78, 5) is 18.2. The molecular formula is C6H8K5N3O14-4. The van der Waals surface area contributed by atoms with E-state index in [2.05, 4.69) is 0 Å². The number of benzene rings is 1. The molecule has 140 valence electrons. The number of phenolic OH excluding ortho intramolecular Hbond substituents is 1. The Kier molecular flexibility index (Phi) is 85.9. The molecular weight excluding hydrogens is 534 g/mol. The Morgan fingerprint density at radius 3 is 1.25 bits per heavy atom. The van der Waals surface area contributed by atoms with Crippen molar-refractivity contribution in [3.05, 3.63) is 36.7 Å². The molecule has 0 aliphatic heterocycles. The van der Waals surface area contributed by atoms with Gasteiger partial charge in [0.1, 0.15) is 0 Å². The molecule has 0 fully saturated rings. The van der Waals surface area contributed by atoms with Crippen LogP contribution in [0.3, 0.4) is 0 Å². The first-order valence-electron chi connectivity index (χ1n) is 3.77. The normalized spacial score (nSPS) is 6.07. The first-order chi connectivity index (χ1) is 7.77. The van der Waals surface area contributed by atoms with Gasteiger partial charge in [0.25, 0.3) is 5.69 Å². The van der Waals surface area contributed by atoms with Crippen LogP contribution in [0.4, 0.5) is 17.1 Å². The summed E-state index contributed by atoms with van der Waals surface area (Å²) in [5.41, 5.74) is -4.21. The van der Waals surface area contributed by atoms with E-state index in [1.54, 1.807) is 0 Å². The molecule has 0 heterocycles. The van der Waals surface area contributed by atoms with Crippen molar-refractivity contribution >= 4 is 17.1 Å². The number of aromatic hydroxyl groups is 1. The molecule has 0 unspecified atom stereocenters. The van der Waals surface area contributed by atoms with Gasteiger partial charge in [-0.15, -0.1) is 0 Å². The van der Waals surface area contributed by atoms with Gasteiger partial charge in [-0.1, -0.05) is 0 Å². The van der Waals surface area contributed by atoms with Crippen LogP contribution in [-0.4, -0.2) is 47.8 Å². The minimum absolute atomic E-state index is 0. The molecule has 0 amide bonds. The fourth-order valence-corrected chi connectivity index (χ4v) is 1.06. The van der Waals surface area contributed by atoms with Crippen molar-refractivity contribution in [1.29, 1.82) is 0 Å². The molecule has 0 aliphatic rings. The minimum Gasteiger partial charge on any atom is -0.870 e. The van der Waals surface area contributed by atoms with Crippen LogP contribution in [0.1, 0.15) is 0 Å². The molecule has 7 N–H and O–H groups in total. The van der Waals surface area contributed by atoms with Crippen LogP contribution in [0, 0.1) is 30.6 Å². The smallest absolute Gasteiger partial charge is 0.870 e. The summed E-state index contributed by atoms with van der Waals surface area (Å²) < 4.78 is 0. The van der Waals surface area contributed by atoms with Crippen LogP contribution in [0.25, 0.3) is 0 Å². The fourth-order valence-electron chi connectivity index (χ4n) is 1.06. The van der Waals surface area contributed by atoms with E-state index in [1.165, 1.54) is 0 Å². The Labute approximate surface area is 369 Å². The van der Waals surface area contributed by atoms with Gasteiger partial charge < -0.3 is 58.7 Å². The molecule has 0 saturated heterocycles. The zero-order chi connectivity index (χ0) is 13.3. The Bertz CT molecular complexity index is 484. The standard InChI is InChI=1S/C6H3N3O8.5K.6H2O/c10-5-2(7(12)13)1-3(8(14)15)6(11)4(5)9(16)17;;;;;;;;;;;/h1,10-11H;;;;;;6*1H2/q-2;5*+1;;;;;;/p-7. The van der Waals surface area contributed by atoms with Crippen molar-refractivity contribution in [3.63, 3.8) is 0 Å². The average Bonchev–Trinajstić information content (AvgIpc) is 2.15. The largest absolute Gasteiger partial charge is 1.00 e. The van der Waals surface area contributed by atoms with Crippen molar-refractivity contribution in [2.24, 2.45) is 0 Å². The minimum atomic E-state index is -1.69. The van der Waals surface area contributed by atoms with Gasteiger partial charge in [-0.25, -0.2) is 0 Å². The van der Waals surface area contributed by atoms with E-state index in [0.29, 0.717) is 0 Å². The summed E-state index contributed by atoms with van der Waals surface area (Å²) in [6.07, 6.45) is 0. The molecule has 0 aromatic heterocycles. The van der Waals surface area contributed by atoms with Crippen LogP contribution in [0.2, 0.25) is 0 Å². The summed E-state index contributed by atoms with van der Waals surface area (Å²) in [5.74, 6) is -3.20. The molecule has 1 aromatic rings. The topological polar surface area (TPSA) is 359 Å². The SMILES string of the molecule is O=[N+]([O-])c1cc([N+](=O)[O-])c(O)c(N([O-])[O-])c1[O-].[K+].[K+].[K+].[K+].[K+].[OH-].[OH-].[OH-].[OH-].[OH-].[OH-]. The molecule has 0 aliphatic carbocycles. The summed E-state index contributed by atoms with van der Waals surface area (Å²) in [6, 6.07) is 0.171. The molecule has 0 saturated carbocycles. The molecule has 0 bridgehead atoms. The summed E-state index contributed by atoms with van der Waals surface area (Å²) in [5, 5.41) is 60.4. The number of nitro benzene ring substituents is 2. The molecule has 28 heavy (non-hydrogen) atoms. The van der Waals surface area contributed by atoms with Gasteiger partial charge in [0.2, 0.25) is 5.75 Å². The molecule has 1 aromatic carbocycles. The van der Waals surface area contributed by atoms with Gasteiger partial charge in [0, 0.05) is 0 Å². The Morgan fingerprint density at radius 2 is 1.04 bits per heavy atom. The van der Waals surface area contributed by atoms with E-state index in [1.807, 2.05) is 0 Å². The number of hydrogen-bond donors (Lipinski definition) is 1. The third-order valence-corrected chi connectivity index (χ3v) is 1.76. The predicted octanol–water partition coefficient (Wildman–Crippen LogP) is -16.0. The maximum Gasteiger partial charge on any atom is 1.00 e. The van der Waals surface area contributed by atoms with Gasteiger partial charge in [-0.05, 0) is 5.75 Å². The Balaban J connectivity index is -0.0000000292. The number of hydrogen-bond acceptors (Lipinski definition) is 15. The van der Waals surface area contributed by atoms with Gasteiger partial charge in [-0.3, -0.25) is 20.2 Å². The Hall–Kier alpha value is 5.28. The van der Waals surface area contributed by atoms with Crippen LogP contribution in [-0.2, 0) is 0 Å². The second-order valence-corrected chi connectivity index (χ2v) is 2.71. The van der Waals surface area contributed by atoms with Gasteiger partial charge in [-0.2, -0.15) is 0 Å². The number of anilines is 1. The van der Waals surface area contributed by atoms with E-state index >= 15 is 0 Å². The van der Waals surface area contributed by atoms with E-state index in [-0.39, 0.29) is 296 Å². The predicted molar refractivity (Wildman–Crippen MR) is 61.7 cm³/mol. The van der Waals surface area contributed by atoms with Crippen LogP contribution >= 0.6 is 0 Å². The molecule has 17 nitrogen and oxygen atoms in total. The summed E-state index contributed by atoms with van der Waals surface area (Å²) in [7, 11) is 0. The number of nitro groups is 2. The molecule has 22 heteroatoms. The van der Waals surface area contributed by atoms with Gasteiger partial charge in [0.15, 0.2) is 0 Å². The van der Waals surface area contributed by atoms with E-state index in [0.717, 1.165) is 0 Å². The molecule has 1 rings (SSSR count). The maximum absolute atomic E-state index is 11.2. The molecule has 0 radical (unpaired) electrons. The van der Waals surface area contributed by atoms with E-state index in [9.17, 15) is 35.7 Å². The third kappa shape index (κ3) is 20.6. The number of phenols is 1. The zero-order valence-corrected chi connectivity index (χ0v) is 31.0. The summed E-state index contributed by atoms with van der Waals surface area (Å²) in [6.45, 7) is 0. The number of nitrogens with zero attached hydrogens (tertiary/aromatic N) is 3. The third-order valence-electron chi connectivity index (χ3n) is 1.76. The van der Waals surface area contributed by atoms with Crippen molar-refractivity contribution in [2.75, 3.05) is 5.23 Å². The molecule has 0 atom stereocenters. The number of rotatable bonds is 3. The first-order valence-corrected chi connectivity index (χ1v) is 3.77. The van der Waals surface area contributed by atoms with Crippen molar-refractivity contribution in [2.45, 2.75) is 0 Å². The molecule has 0 spiro atoms. The van der Waals surface area contributed by atoms with Gasteiger partial charge >= 0.3 is 263 Å². The quantitative estimate of drug-likeness (QED) is 0.211. The van der Waals surface area contributed by atoms with E-state index in [4.69, 9.17) is 5.11 Å². The summed E-state index contributed by atoms with van der Waals surface area (Å²) >= 11 is 0. The Morgan fingerprint density at radius 1 is 0.750 bits per heavy atom. The monoisotopic (exact) mass is 541 g/mol. The van der Waals surface area contributed by atoms with E-state index < -0.39 is 43.6 Å². The zero-order valence-electron chi connectivity index (χ0n) is 15.4. The second-order valence-electron chi connectivity index (χ2n) is 2.71. The fraction of sp³-hybridized carbons (Fsp3) is 0. The van der Waals surface area contributed by atoms with Crippen LogP contribution in [0.5, 0.6) is 11.5 Å². The van der Waals surface area contributed by atoms with Crippen molar-refractivity contribution < 1.29 is 310 Å². The average molecular weight is 542 g/mol. The van der Waals surface area contributed by atoms with Crippen LogP contribution < -0.4 is 267 Å². The van der Waals surface area contributed by atoms with Gasteiger partial charge in [0.05, 0.1) is 21.6 Å². The maximum atomic E-state index is 11.2.